The standard InChI is InChI=1S/C24H44O6/c1-5-7-9-11-13-15-17-29-21(19-23(25)27-3)22(20-24(26)28-4)30-18-16-14-12-10-8-6-2/h5-20H2,1-4H3/b22-21-. The molecule has 0 saturated carbocycles. The van der Waals surface area contributed by atoms with Crippen molar-refractivity contribution in [2.24, 2.45) is 0 Å². The van der Waals surface area contributed by atoms with Gasteiger partial charge in [0.15, 0.2) is 0 Å². The fourth-order valence-corrected chi connectivity index (χ4v) is 3.02. The number of methoxy groups -OCH3 is 2. The summed E-state index contributed by atoms with van der Waals surface area (Å²) in [4.78, 5) is 23.7. The summed E-state index contributed by atoms with van der Waals surface area (Å²) >= 11 is 0. The second kappa shape index (κ2) is 20.5. The van der Waals surface area contributed by atoms with Crippen molar-refractivity contribution < 1.29 is 28.5 Å². The van der Waals surface area contributed by atoms with Gasteiger partial charge < -0.3 is 18.9 Å². The van der Waals surface area contributed by atoms with Gasteiger partial charge in [0.05, 0.1) is 27.4 Å². The Balaban J connectivity index is 4.82. The number of hydrogen-bond donors (Lipinski definition) is 0. The van der Waals surface area contributed by atoms with Crippen LogP contribution in [0.25, 0.3) is 0 Å². The van der Waals surface area contributed by atoms with Crippen LogP contribution >= 0.6 is 0 Å². The highest BCUT2D eigenvalue weighted by Gasteiger charge is 2.19. The summed E-state index contributed by atoms with van der Waals surface area (Å²) in [6, 6.07) is 0. The molecule has 0 atom stereocenters. The molecule has 6 nitrogen and oxygen atoms in total. The number of carbonyl (C=O) groups is 2. The summed E-state index contributed by atoms with van der Waals surface area (Å²) < 4.78 is 21.3. The van der Waals surface area contributed by atoms with E-state index in [0.717, 1.165) is 25.7 Å². The van der Waals surface area contributed by atoms with Gasteiger partial charge >= 0.3 is 11.9 Å². The molecule has 30 heavy (non-hydrogen) atoms. The van der Waals surface area contributed by atoms with Gasteiger partial charge in [-0.05, 0) is 12.8 Å². The van der Waals surface area contributed by atoms with E-state index < -0.39 is 11.9 Å². The van der Waals surface area contributed by atoms with Crippen LogP contribution in [0.4, 0.5) is 0 Å². The molecule has 0 aromatic heterocycles. The van der Waals surface area contributed by atoms with E-state index in [1.165, 1.54) is 65.6 Å². The number of ether oxygens (including phenoxy) is 4. The Labute approximate surface area is 183 Å². The predicted octanol–water partition coefficient (Wildman–Crippen LogP) is 6.08. The zero-order chi connectivity index (χ0) is 22.5. The van der Waals surface area contributed by atoms with E-state index in [4.69, 9.17) is 18.9 Å². The number of esters is 2. The largest absolute Gasteiger partial charge is 0.494 e. The Morgan fingerprint density at radius 2 is 0.867 bits per heavy atom. The third-order valence-corrected chi connectivity index (χ3v) is 4.92. The van der Waals surface area contributed by atoms with Crippen molar-refractivity contribution in [1.82, 2.24) is 0 Å². The van der Waals surface area contributed by atoms with E-state index in [1.807, 2.05) is 0 Å². The maximum atomic E-state index is 11.9. The molecule has 0 aliphatic rings. The van der Waals surface area contributed by atoms with Crippen molar-refractivity contribution in [1.29, 1.82) is 0 Å². The topological polar surface area (TPSA) is 71.1 Å². The quantitative estimate of drug-likeness (QED) is 0.133. The molecule has 0 bridgehead atoms. The summed E-state index contributed by atoms with van der Waals surface area (Å²) in [6.45, 7) is 5.37. The van der Waals surface area contributed by atoms with E-state index in [-0.39, 0.29) is 12.8 Å². The molecule has 0 aliphatic carbocycles. The Kier molecular flexibility index (Phi) is 19.4. The molecule has 0 radical (unpaired) electrons. The SMILES string of the molecule is CCCCCCCCO/C(CC(=O)OC)=C(/CC(=O)OC)OCCCCCCCC. The molecular formula is C24H44O6. The van der Waals surface area contributed by atoms with Crippen LogP contribution in [0.15, 0.2) is 11.5 Å². The second-order valence-electron chi connectivity index (χ2n) is 7.58. The Hall–Kier alpha value is -1.72. The summed E-state index contributed by atoms with van der Waals surface area (Å²) in [5, 5.41) is 0. The molecule has 176 valence electrons. The lowest BCUT2D eigenvalue weighted by Gasteiger charge is -2.17. The van der Waals surface area contributed by atoms with Crippen LogP contribution in [-0.2, 0) is 28.5 Å². The van der Waals surface area contributed by atoms with E-state index in [0.29, 0.717) is 24.7 Å². The highest BCUT2D eigenvalue weighted by Crippen LogP contribution is 2.19. The molecule has 0 fully saturated rings. The van der Waals surface area contributed by atoms with Crippen LogP contribution in [0.5, 0.6) is 0 Å². The number of carbonyl (C=O) groups excluding carboxylic acids is 2. The average molecular weight is 429 g/mol. The van der Waals surface area contributed by atoms with Crippen molar-refractivity contribution in [3.63, 3.8) is 0 Å². The third kappa shape index (κ3) is 16.1. The monoisotopic (exact) mass is 428 g/mol. The smallest absolute Gasteiger partial charge is 0.313 e. The van der Waals surface area contributed by atoms with Crippen LogP contribution in [0, 0.1) is 0 Å². The van der Waals surface area contributed by atoms with Crippen LogP contribution < -0.4 is 0 Å². The number of rotatable bonds is 20. The summed E-state index contributed by atoms with van der Waals surface area (Å²) in [5.74, 6) is -0.0736. The average Bonchev–Trinajstić information content (AvgIpc) is 2.75. The number of unbranched alkanes of at least 4 members (excludes halogenated alkanes) is 10. The molecule has 0 aromatic carbocycles. The van der Waals surface area contributed by atoms with E-state index in [2.05, 4.69) is 13.8 Å². The van der Waals surface area contributed by atoms with E-state index in [1.54, 1.807) is 0 Å². The van der Waals surface area contributed by atoms with Crippen molar-refractivity contribution >= 4 is 11.9 Å². The fraction of sp³-hybridized carbons (Fsp3) is 0.833. The third-order valence-electron chi connectivity index (χ3n) is 4.92. The zero-order valence-electron chi connectivity index (χ0n) is 19.8. The van der Waals surface area contributed by atoms with Gasteiger partial charge in [0.1, 0.15) is 24.4 Å². The van der Waals surface area contributed by atoms with Gasteiger partial charge in [-0.3, -0.25) is 9.59 Å². The molecule has 0 saturated heterocycles. The van der Waals surface area contributed by atoms with Crippen molar-refractivity contribution in [2.75, 3.05) is 27.4 Å². The first-order chi connectivity index (χ1) is 14.6. The highest BCUT2D eigenvalue weighted by atomic mass is 16.5. The number of hydrogen-bond acceptors (Lipinski definition) is 6. The maximum Gasteiger partial charge on any atom is 0.313 e. The van der Waals surface area contributed by atoms with Crippen molar-refractivity contribution in [3.05, 3.63) is 11.5 Å². The maximum absolute atomic E-state index is 11.9. The van der Waals surface area contributed by atoms with Gasteiger partial charge in [-0.1, -0.05) is 78.1 Å². The fourth-order valence-electron chi connectivity index (χ4n) is 3.02. The van der Waals surface area contributed by atoms with Gasteiger partial charge in [-0.25, -0.2) is 0 Å². The molecule has 0 N–H and O–H groups in total. The summed E-state index contributed by atoms with van der Waals surface area (Å²) in [5.41, 5.74) is 0. The molecule has 0 rings (SSSR count). The van der Waals surface area contributed by atoms with Gasteiger partial charge in [-0.2, -0.15) is 0 Å². The van der Waals surface area contributed by atoms with Crippen LogP contribution in [-0.4, -0.2) is 39.4 Å². The van der Waals surface area contributed by atoms with Gasteiger partial charge in [0.2, 0.25) is 0 Å². The molecule has 6 heteroatoms. The molecule has 0 amide bonds. The minimum Gasteiger partial charge on any atom is -0.494 e. The molecule has 0 unspecified atom stereocenters. The zero-order valence-corrected chi connectivity index (χ0v) is 19.8. The molecular weight excluding hydrogens is 384 g/mol. The van der Waals surface area contributed by atoms with Crippen molar-refractivity contribution in [3.8, 4) is 0 Å². The highest BCUT2D eigenvalue weighted by molar-refractivity contribution is 5.74. The van der Waals surface area contributed by atoms with E-state index >= 15 is 0 Å². The Morgan fingerprint density at radius 1 is 0.533 bits per heavy atom. The second-order valence-corrected chi connectivity index (χ2v) is 7.58. The first kappa shape index (κ1) is 28.3. The van der Waals surface area contributed by atoms with Gasteiger partial charge in [0.25, 0.3) is 0 Å². The molecule has 0 aliphatic heterocycles. The summed E-state index contributed by atoms with van der Waals surface area (Å²) in [6.07, 6.45) is 13.6. The Morgan fingerprint density at radius 3 is 1.20 bits per heavy atom. The molecule has 0 aromatic rings. The van der Waals surface area contributed by atoms with Crippen molar-refractivity contribution in [2.45, 2.75) is 104 Å². The lowest BCUT2D eigenvalue weighted by molar-refractivity contribution is -0.142. The summed E-state index contributed by atoms with van der Waals surface area (Å²) in [7, 11) is 2.68. The van der Waals surface area contributed by atoms with Crippen LogP contribution in [0.3, 0.4) is 0 Å². The van der Waals surface area contributed by atoms with Crippen LogP contribution in [0.1, 0.15) is 104 Å². The Bertz CT molecular complexity index is 430. The molecule has 0 spiro atoms. The minimum absolute atomic E-state index is 0.0465. The van der Waals surface area contributed by atoms with E-state index in [9.17, 15) is 9.59 Å². The molecule has 0 heterocycles. The normalized spacial score (nSPS) is 11.6. The lowest BCUT2D eigenvalue weighted by atomic mass is 10.1. The first-order valence-electron chi connectivity index (χ1n) is 11.7. The predicted molar refractivity (Wildman–Crippen MR) is 119 cm³/mol. The van der Waals surface area contributed by atoms with Gasteiger partial charge in [-0.15, -0.1) is 0 Å². The van der Waals surface area contributed by atoms with Gasteiger partial charge in [0, 0.05) is 0 Å². The minimum atomic E-state index is -0.418. The van der Waals surface area contributed by atoms with Crippen LogP contribution in [0.2, 0.25) is 0 Å². The lowest BCUT2D eigenvalue weighted by Crippen LogP contribution is -2.13. The first-order valence-corrected chi connectivity index (χ1v) is 11.7.